The number of aliphatic imine (C=N–C) groups is 1. The van der Waals surface area contributed by atoms with Gasteiger partial charge < -0.3 is 16.8 Å². The molecule has 0 aliphatic carbocycles. The summed E-state index contributed by atoms with van der Waals surface area (Å²) in [5.41, 5.74) is 10.7. The van der Waals surface area contributed by atoms with Crippen LogP contribution < -0.4 is 16.8 Å². The number of nitrogens with zero attached hydrogens (tertiary/aromatic N) is 1. The summed E-state index contributed by atoms with van der Waals surface area (Å²) in [6.07, 6.45) is 0. The van der Waals surface area contributed by atoms with Crippen LogP contribution in [0.1, 0.15) is 0 Å². The van der Waals surface area contributed by atoms with E-state index in [-0.39, 0.29) is 18.4 Å². The molecular weight excluding hydrogens is 363 g/mol. The second-order valence-corrected chi connectivity index (χ2v) is 4.27. The Bertz CT molecular complexity index is 400. The van der Waals surface area contributed by atoms with Crippen molar-refractivity contribution in [3.8, 4) is 0 Å². The van der Waals surface area contributed by atoms with Crippen LogP contribution >= 0.6 is 44.3 Å². The minimum absolute atomic E-state index is 0. The Morgan fingerprint density at radius 2 is 1.75 bits per heavy atom. The molecule has 5 nitrogen and oxygen atoms in total. The van der Waals surface area contributed by atoms with Crippen LogP contribution in [0.3, 0.4) is 0 Å². The number of amides is 2. The summed E-state index contributed by atoms with van der Waals surface area (Å²) in [6.45, 7) is 0. The third-order valence-electron chi connectivity index (χ3n) is 1.43. The maximum Gasteiger partial charge on any atom is 0.348 e. The molecule has 0 aliphatic rings. The van der Waals surface area contributed by atoms with Gasteiger partial charge in [-0.25, -0.2) is 4.79 Å². The molecular formula is C8H9Br2ClN4O. The van der Waals surface area contributed by atoms with Gasteiger partial charge in [0.15, 0.2) is 5.96 Å². The van der Waals surface area contributed by atoms with Gasteiger partial charge in [-0.3, -0.25) is 0 Å². The summed E-state index contributed by atoms with van der Waals surface area (Å²) < 4.78 is 1.46. The lowest BCUT2D eigenvalue weighted by molar-refractivity contribution is 0.259. The van der Waals surface area contributed by atoms with Crippen LogP contribution in [0.4, 0.5) is 10.5 Å². The van der Waals surface area contributed by atoms with Crippen LogP contribution in [0.15, 0.2) is 32.1 Å². The Kier molecular flexibility index (Phi) is 6.39. The average molecular weight is 372 g/mol. The molecule has 0 bridgehead atoms. The Labute approximate surface area is 115 Å². The van der Waals surface area contributed by atoms with Crippen molar-refractivity contribution in [2.45, 2.75) is 0 Å². The Morgan fingerprint density at radius 1 is 1.25 bits per heavy atom. The van der Waals surface area contributed by atoms with Crippen molar-refractivity contribution >= 4 is 61.9 Å². The van der Waals surface area contributed by atoms with Crippen LogP contribution in [0.25, 0.3) is 0 Å². The van der Waals surface area contributed by atoms with Crippen molar-refractivity contribution in [2.75, 3.05) is 5.32 Å². The lowest BCUT2D eigenvalue weighted by atomic mass is 10.3. The molecule has 0 spiro atoms. The number of urea groups is 1. The lowest BCUT2D eigenvalue weighted by Gasteiger charge is -2.06. The van der Waals surface area contributed by atoms with Gasteiger partial charge in [-0.1, -0.05) is 6.07 Å². The highest BCUT2D eigenvalue weighted by atomic mass is 79.9. The summed E-state index contributed by atoms with van der Waals surface area (Å²) in [5.74, 6) is -0.282. The van der Waals surface area contributed by atoms with Crippen LogP contribution in [-0.4, -0.2) is 12.0 Å². The molecule has 0 saturated carbocycles. The summed E-state index contributed by atoms with van der Waals surface area (Å²) in [6, 6.07) is 4.78. The van der Waals surface area contributed by atoms with Gasteiger partial charge in [0.2, 0.25) is 0 Å². The monoisotopic (exact) mass is 370 g/mol. The summed E-state index contributed by atoms with van der Waals surface area (Å²) in [5, 5.41) is 2.53. The van der Waals surface area contributed by atoms with Gasteiger partial charge in [0.05, 0.1) is 5.69 Å². The molecule has 2 amide bonds. The number of para-hydroxylation sites is 1. The van der Waals surface area contributed by atoms with E-state index in [9.17, 15) is 4.79 Å². The first-order chi connectivity index (χ1) is 7.00. The van der Waals surface area contributed by atoms with Gasteiger partial charge in [0.25, 0.3) is 0 Å². The SMILES string of the molecule is Cl.NC(N)=NC(=O)Nc1c(Br)cccc1Br. The van der Waals surface area contributed by atoms with Gasteiger partial charge in [-0.05, 0) is 44.0 Å². The summed E-state index contributed by atoms with van der Waals surface area (Å²) in [4.78, 5) is 14.6. The standard InChI is InChI=1S/C8H8Br2N4O.ClH/c9-4-2-1-3-5(10)6(4)13-8(15)14-7(11)12;/h1-3H,(H5,11,12,13,14,15);1H. The van der Waals surface area contributed by atoms with Gasteiger partial charge in [-0.2, -0.15) is 4.99 Å². The number of guanidine groups is 1. The van der Waals surface area contributed by atoms with E-state index in [4.69, 9.17) is 11.5 Å². The Balaban J connectivity index is 0.00000225. The fourth-order valence-corrected chi connectivity index (χ4v) is 2.07. The fraction of sp³-hybridized carbons (Fsp3) is 0. The molecule has 8 heteroatoms. The van der Waals surface area contributed by atoms with Gasteiger partial charge in [0, 0.05) is 8.95 Å². The largest absolute Gasteiger partial charge is 0.370 e. The van der Waals surface area contributed by atoms with Crippen molar-refractivity contribution in [1.29, 1.82) is 0 Å². The van der Waals surface area contributed by atoms with Crippen LogP contribution in [0.5, 0.6) is 0 Å². The van der Waals surface area contributed by atoms with Crippen molar-refractivity contribution in [1.82, 2.24) is 0 Å². The summed E-state index contributed by atoms with van der Waals surface area (Å²) >= 11 is 6.57. The number of rotatable bonds is 1. The maximum atomic E-state index is 11.2. The first-order valence-electron chi connectivity index (χ1n) is 3.85. The molecule has 1 rings (SSSR count). The molecule has 0 aromatic heterocycles. The van der Waals surface area contributed by atoms with Crippen LogP contribution in [-0.2, 0) is 0 Å². The van der Waals surface area contributed by atoms with E-state index < -0.39 is 6.03 Å². The molecule has 0 aliphatic heterocycles. The molecule has 1 aromatic carbocycles. The van der Waals surface area contributed by atoms with Crippen LogP contribution in [0, 0.1) is 0 Å². The number of nitrogens with one attached hydrogen (secondary N) is 1. The number of benzene rings is 1. The molecule has 1 aromatic rings. The fourth-order valence-electron chi connectivity index (χ4n) is 0.869. The zero-order valence-corrected chi connectivity index (χ0v) is 11.9. The molecule has 5 N–H and O–H groups in total. The third kappa shape index (κ3) is 4.38. The molecule has 0 radical (unpaired) electrons. The van der Waals surface area contributed by atoms with E-state index in [0.29, 0.717) is 5.69 Å². The van der Waals surface area contributed by atoms with Crippen molar-refractivity contribution < 1.29 is 4.79 Å². The van der Waals surface area contributed by atoms with E-state index in [1.54, 1.807) is 12.1 Å². The second-order valence-electron chi connectivity index (χ2n) is 2.56. The normalized spacial score (nSPS) is 8.88. The molecule has 0 heterocycles. The van der Waals surface area contributed by atoms with E-state index in [2.05, 4.69) is 42.2 Å². The van der Waals surface area contributed by atoms with E-state index >= 15 is 0 Å². The highest BCUT2D eigenvalue weighted by Gasteiger charge is 2.07. The molecule has 0 saturated heterocycles. The van der Waals surface area contributed by atoms with Crippen molar-refractivity contribution in [3.63, 3.8) is 0 Å². The molecule has 16 heavy (non-hydrogen) atoms. The van der Waals surface area contributed by atoms with E-state index in [1.165, 1.54) is 0 Å². The van der Waals surface area contributed by atoms with Crippen molar-refractivity contribution in [3.05, 3.63) is 27.1 Å². The number of carbonyl (C=O) groups is 1. The minimum atomic E-state index is -0.623. The lowest BCUT2D eigenvalue weighted by Crippen LogP contribution is -2.25. The first kappa shape index (κ1) is 15.2. The molecule has 0 atom stereocenters. The van der Waals surface area contributed by atoms with Crippen LogP contribution in [0.2, 0.25) is 0 Å². The number of hydrogen-bond acceptors (Lipinski definition) is 1. The predicted octanol–water partition coefficient (Wildman–Crippen LogP) is 2.44. The smallest absolute Gasteiger partial charge is 0.348 e. The Hall–Kier alpha value is -0.790. The predicted molar refractivity (Wildman–Crippen MR) is 73.9 cm³/mol. The highest BCUT2D eigenvalue weighted by molar-refractivity contribution is 9.11. The third-order valence-corrected chi connectivity index (χ3v) is 2.75. The number of hydrogen-bond donors (Lipinski definition) is 3. The van der Waals surface area contributed by atoms with Gasteiger partial charge >= 0.3 is 6.03 Å². The number of halogens is 3. The zero-order chi connectivity index (χ0) is 11.4. The number of carbonyl (C=O) groups excluding carboxylic acids is 1. The maximum absolute atomic E-state index is 11.2. The van der Waals surface area contributed by atoms with Gasteiger partial charge in [-0.15, -0.1) is 12.4 Å². The average Bonchev–Trinajstić information content (AvgIpc) is 2.10. The van der Waals surface area contributed by atoms with E-state index in [0.717, 1.165) is 8.95 Å². The quantitative estimate of drug-likeness (QED) is 0.522. The molecule has 0 unspecified atom stereocenters. The molecule has 0 fully saturated rings. The minimum Gasteiger partial charge on any atom is -0.370 e. The first-order valence-corrected chi connectivity index (χ1v) is 5.44. The highest BCUT2D eigenvalue weighted by Crippen LogP contribution is 2.30. The number of nitrogens with two attached hydrogens (primary N) is 2. The number of anilines is 1. The summed E-state index contributed by atoms with van der Waals surface area (Å²) in [7, 11) is 0. The topological polar surface area (TPSA) is 93.5 Å². The zero-order valence-electron chi connectivity index (χ0n) is 7.91. The molecule has 88 valence electrons. The second kappa shape index (κ2) is 6.72. The van der Waals surface area contributed by atoms with Crippen molar-refractivity contribution in [2.24, 2.45) is 16.5 Å². The van der Waals surface area contributed by atoms with Gasteiger partial charge in [0.1, 0.15) is 0 Å². The Morgan fingerprint density at radius 3 is 2.19 bits per heavy atom. The van der Waals surface area contributed by atoms with E-state index in [1.807, 2.05) is 6.07 Å².